The molecule has 1 aliphatic rings. The summed E-state index contributed by atoms with van der Waals surface area (Å²) in [6.45, 7) is 2.68. The Hall–Kier alpha value is -3.91. The number of aryl methyl sites for hydroxylation is 1. The molecule has 0 aliphatic carbocycles. The first-order valence-electron chi connectivity index (χ1n) is 11.5. The van der Waals surface area contributed by atoms with Crippen LogP contribution in [0.15, 0.2) is 103 Å². The number of carbonyl (C=O) groups excluding carboxylic acids is 1. The van der Waals surface area contributed by atoms with Crippen LogP contribution in [-0.2, 0) is 11.3 Å². The quantitative estimate of drug-likeness (QED) is 0.294. The van der Waals surface area contributed by atoms with Crippen LogP contribution in [0.2, 0.25) is 0 Å². The van der Waals surface area contributed by atoms with E-state index in [1.165, 1.54) is 38.2 Å². The Morgan fingerprint density at radius 1 is 0.727 bits per heavy atom. The van der Waals surface area contributed by atoms with Crippen molar-refractivity contribution < 1.29 is 4.79 Å². The molecule has 1 heterocycles. The fourth-order valence-electron chi connectivity index (χ4n) is 5.28. The summed E-state index contributed by atoms with van der Waals surface area (Å²) in [7, 11) is 0. The lowest BCUT2D eigenvalue weighted by Gasteiger charge is -2.36. The highest BCUT2D eigenvalue weighted by atomic mass is 16.2. The van der Waals surface area contributed by atoms with Gasteiger partial charge in [0.25, 0.3) is 0 Å². The molecule has 5 aromatic carbocycles. The van der Waals surface area contributed by atoms with E-state index in [0.717, 1.165) is 11.3 Å². The zero-order valence-electron chi connectivity index (χ0n) is 18.7. The molecule has 1 unspecified atom stereocenters. The van der Waals surface area contributed by atoms with Gasteiger partial charge in [0.15, 0.2) is 0 Å². The van der Waals surface area contributed by atoms with E-state index in [2.05, 4.69) is 110 Å². The Labute approximate surface area is 194 Å². The van der Waals surface area contributed by atoms with Crippen molar-refractivity contribution in [3.63, 3.8) is 0 Å². The van der Waals surface area contributed by atoms with Crippen molar-refractivity contribution in [1.82, 2.24) is 0 Å². The third-order valence-electron chi connectivity index (χ3n) is 6.93. The Kier molecular flexibility index (Phi) is 4.73. The number of hydrogen-bond donors (Lipinski definition) is 0. The molecule has 5 aromatic rings. The molecule has 2 nitrogen and oxygen atoms in total. The van der Waals surface area contributed by atoms with Crippen molar-refractivity contribution >= 4 is 33.1 Å². The summed E-state index contributed by atoms with van der Waals surface area (Å²) >= 11 is 0. The van der Waals surface area contributed by atoms with Crippen LogP contribution in [0.5, 0.6) is 0 Å². The molecule has 0 fully saturated rings. The van der Waals surface area contributed by atoms with Gasteiger partial charge in [0.1, 0.15) is 0 Å². The van der Waals surface area contributed by atoms with Crippen molar-refractivity contribution in [3.8, 4) is 0 Å². The largest absolute Gasteiger partial charge is 0.308 e. The smallest absolute Gasteiger partial charge is 0.228 e. The van der Waals surface area contributed by atoms with Crippen LogP contribution in [0, 0.1) is 6.92 Å². The van der Waals surface area contributed by atoms with Crippen LogP contribution >= 0.6 is 0 Å². The summed E-state index contributed by atoms with van der Waals surface area (Å²) in [5, 5.41) is 4.88. The van der Waals surface area contributed by atoms with Gasteiger partial charge in [-0.2, -0.15) is 0 Å². The van der Waals surface area contributed by atoms with Gasteiger partial charge in [-0.1, -0.05) is 103 Å². The van der Waals surface area contributed by atoms with Crippen LogP contribution in [0.25, 0.3) is 21.5 Å². The van der Waals surface area contributed by atoms with Crippen molar-refractivity contribution in [3.05, 3.63) is 125 Å². The second-order valence-corrected chi connectivity index (χ2v) is 9.01. The molecule has 1 aliphatic heterocycles. The number of carbonyl (C=O) groups is 1. The standard InChI is InChI=1S/C31H25NO/c1-21-13-15-22(16-14-21)20-32-29-18-17-24-8-3-5-11-26(24)31(29)28(19-30(32)33)27-12-6-9-23-7-2-4-10-25(23)27/h2-18,28H,19-20H2,1H3. The minimum Gasteiger partial charge on any atom is -0.308 e. The van der Waals surface area contributed by atoms with E-state index in [-0.39, 0.29) is 11.8 Å². The SMILES string of the molecule is Cc1ccc(CN2C(=O)CC(c3cccc4ccccc34)c3c2ccc2ccccc32)cc1. The fourth-order valence-corrected chi connectivity index (χ4v) is 5.28. The number of amides is 1. The second kappa shape index (κ2) is 7.90. The lowest BCUT2D eigenvalue weighted by molar-refractivity contribution is -0.119. The van der Waals surface area contributed by atoms with Gasteiger partial charge in [0.2, 0.25) is 5.91 Å². The molecule has 0 saturated heterocycles. The normalized spacial score (nSPS) is 15.7. The van der Waals surface area contributed by atoms with E-state index in [0.29, 0.717) is 13.0 Å². The molecule has 160 valence electrons. The minimum atomic E-state index is 0.0268. The topological polar surface area (TPSA) is 20.3 Å². The van der Waals surface area contributed by atoms with E-state index in [1.807, 2.05) is 4.90 Å². The van der Waals surface area contributed by atoms with Crippen LogP contribution in [0.3, 0.4) is 0 Å². The molecular weight excluding hydrogens is 402 g/mol. The fraction of sp³-hybridized carbons (Fsp3) is 0.129. The first-order valence-corrected chi connectivity index (χ1v) is 11.5. The predicted octanol–water partition coefficient (Wildman–Crippen LogP) is 7.37. The van der Waals surface area contributed by atoms with Gasteiger partial charge in [0, 0.05) is 18.0 Å². The summed E-state index contributed by atoms with van der Waals surface area (Å²) in [5.41, 5.74) is 5.90. The van der Waals surface area contributed by atoms with E-state index < -0.39 is 0 Å². The number of benzene rings is 5. The summed E-state index contributed by atoms with van der Waals surface area (Å²) in [5.74, 6) is 0.204. The molecule has 1 atom stereocenters. The molecule has 0 N–H and O–H groups in total. The minimum absolute atomic E-state index is 0.0268. The third-order valence-corrected chi connectivity index (χ3v) is 6.93. The Morgan fingerprint density at radius 3 is 2.18 bits per heavy atom. The van der Waals surface area contributed by atoms with Gasteiger partial charge in [-0.05, 0) is 51.2 Å². The van der Waals surface area contributed by atoms with E-state index >= 15 is 0 Å². The third kappa shape index (κ3) is 3.39. The number of anilines is 1. The highest BCUT2D eigenvalue weighted by molar-refractivity contribution is 6.04. The van der Waals surface area contributed by atoms with E-state index in [9.17, 15) is 4.79 Å². The maximum Gasteiger partial charge on any atom is 0.228 e. The monoisotopic (exact) mass is 427 g/mol. The van der Waals surface area contributed by atoms with Crippen LogP contribution in [0.4, 0.5) is 5.69 Å². The molecule has 33 heavy (non-hydrogen) atoms. The van der Waals surface area contributed by atoms with Crippen LogP contribution < -0.4 is 4.90 Å². The van der Waals surface area contributed by atoms with Crippen molar-refractivity contribution in [2.45, 2.75) is 25.8 Å². The lowest BCUT2D eigenvalue weighted by atomic mass is 9.79. The van der Waals surface area contributed by atoms with E-state index in [4.69, 9.17) is 0 Å². The highest BCUT2D eigenvalue weighted by Crippen LogP contribution is 2.46. The zero-order chi connectivity index (χ0) is 22.4. The molecule has 0 bridgehead atoms. The van der Waals surface area contributed by atoms with Gasteiger partial charge < -0.3 is 4.90 Å². The van der Waals surface area contributed by atoms with Crippen molar-refractivity contribution in [2.75, 3.05) is 4.90 Å². The summed E-state index contributed by atoms with van der Waals surface area (Å²) in [4.78, 5) is 15.6. The summed E-state index contributed by atoms with van der Waals surface area (Å²) in [6, 6.07) is 36.3. The predicted molar refractivity (Wildman–Crippen MR) is 137 cm³/mol. The maximum atomic E-state index is 13.6. The van der Waals surface area contributed by atoms with Crippen LogP contribution in [0.1, 0.15) is 34.6 Å². The van der Waals surface area contributed by atoms with Crippen molar-refractivity contribution in [1.29, 1.82) is 0 Å². The molecule has 6 rings (SSSR count). The Bertz CT molecular complexity index is 1490. The average molecular weight is 428 g/mol. The summed E-state index contributed by atoms with van der Waals surface area (Å²) < 4.78 is 0. The van der Waals surface area contributed by atoms with Gasteiger partial charge in [-0.3, -0.25) is 4.79 Å². The second-order valence-electron chi connectivity index (χ2n) is 9.01. The number of fused-ring (bicyclic) bond motifs is 4. The Balaban J connectivity index is 1.56. The van der Waals surface area contributed by atoms with Crippen LogP contribution in [-0.4, -0.2) is 5.91 Å². The molecule has 0 spiro atoms. The summed E-state index contributed by atoms with van der Waals surface area (Å²) in [6.07, 6.45) is 0.473. The molecular formula is C31H25NO. The van der Waals surface area contributed by atoms with E-state index in [1.54, 1.807) is 0 Å². The first-order chi connectivity index (χ1) is 16.2. The number of nitrogens with zero attached hydrogens (tertiary/aromatic N) is 1. The van der Waals surface area contributed by atoms with Gasteiger partial charge in [-0.25, -0.2) is 0 Å². The number of hydrogen-bond acceptors (Lipinski definition) is 1. The first kappa shape index (κ1) is 19.8. The lowest BCUT2D eigenvalue weighted by Crippen LogP contribution is -2.36. The van der Waals surface area contributed by atoms with Gasteiger partial charge in [0.05, 0.1) is 6.54 Å². The zero-order valence-corrected chi connectivity index (χ0v) is 18.7. The average Bonchev–Trinajstić information content (AvgIpc) is 2.86. The molecule has 0 radical (unpaired) electrons. The van der Waals surface area contributed by atoms with Gasteiger partial charge in [-0.15, -0.1) is 0 Å². The maximum absolute atomic E-state index is 13.6. The molecule has 0 aromatic heterocycles. The molecule has 2 heteroatoms. The van der Waals surface area contributed by atoms with Gasteiger partial charge >= 0.3 is 0 Å². The number of rotatable bonds is 3. The van der Waals surface area contributed by atoms with Crippen molar-refractivity contribution in [2.24, 2.45) is 0 Å². The molecule has 0 saturated carbocycles. The molecule has 1 amide bonds. The Morgan fingerprint density at radius 2 is 1.39 bits per heavy atom. The highest BCUT2D eigenvalue weighted by Gasteiger charge is 2.34.